The highest BCUT2D eigenvalue weighted by Gasteiger charge is 2.22. The van der Waals surface area contributed by atoms with E-state index in [0.29, 0.717) is 17.3 Å². The molecule has 0 bridgehead atoms. The topological polar surface area (TPSA) is 41.3 Å². The second-order valence-electron chi connectivity index (χ2n) is 5.28. The molecule has 0 amide bonds. The van der Waals surface area contributed by atoms with Crippen LogP contribution in [0.15, 0.2) is 24.4 Å². The summed E-state index contributed by atoms with van der Waals surface area (Å²) >= 11 is 8.50. The molecular formula is C15H19ClIN3O. The molecule has 6 heteroatoms. The number of aromatic nitrogens is 2. The zero-order valence-electron chi connectivity index (χ0n) is 12.3. The summed E-state index contributed by atoms with van der Waals surface area (Å²) < 4.78 is 2.84. The summed E-state index contributed by atoms with van der Waals surface area (Å²) in [7, 11) is 4.01. The molecule has 0 saturated carbocycles. The monoisotopic (exact) mass is 419 g/mol. The molecule has 0 aliphatic carbocycles. The van der Waals surface area contributed by atoms with Gasteiger partial charge in [-0.15, -0.1) is 0 Å². The van der Waals surface area contributed by atoms with Crippen molar-refractivity contribution in [2.24, 2.45) is 0 Å². The van der Waals surface area contributed by atoms with Gasteiger partial charge in [-0.25, -0.2) is 0 Å². The summed E-state index contributed by atoms with van der Waals surface area (Å²) in [5, 5.41) is 15.5. The lowest BCUT2D eigenvalue weighted by atomic mass is 10.0. The summed E-state index contributed by atoms with van der Waals surface area (Å²) in [5.74, 6) is 0. The number of benzene rings is 1. The van der Waals surface area contributed by atoms with Crippen LogP contribution < -0.4 is 0 Å². The second kappa shape index (κ2) is 7.09. The van der Waals surface area contributed by atoms with Crippen LogP contribution in [-0.4, -0.2) is 40.4 Å². The lowest BCUT2D eigenvalue weighted by Crippen LogP contribution is -2.21. The Hall–Kier alpha value is -0.630. The highest BCUT2D eigenvalue weighted by atomic mass is 127. The van der Waals surface area contributed by atoms with E-state index in [-0.39, 0.29) is 0 Å². The fourth-order valence-corrected chi connectivity index (χ4v) is 3.04. The average molecular weight is 420 g/mol. The summed E-state index contributed by atoms with van der Waals surface area (Å²) in [5.41, 5.74) is 2.66. The molecule has 114 valence electrons. The number of aliphatic hydroxyl groups excluding tert-OH is 1. The van der Waals surface area contributed by atoms with E-state index >= 15 is 0 Å². The van der Waals surface area contributed by atoms with Gasteiger partial charge in [0.15, 0.2) is 0 Å². The number of nitrogens with zero attached hydrogens (tertiary/aromatic N) is 3. The van der Waals surface area contributed by atoms with Crippen molar-refractivity contribution >= 4 is 34.2 Å². The Kier molecular flexibility index (Phi) is 5.65. The minimum absolute atomic E-state index is 0.499. The Morgan fingerprint density at radius 2 is 2.14 bits per heavy atom. The van der Waals surface area contributed by atoms with Gasteiger partial charge in [-0.05, 0) is 49.2 Å². The van der Waals surface area contributed by atoms with E-state index in [1.54, 1.807) is 10.9 Å². The van der Waals surface area contributed by atoms with Crippen LogP contribution in [0.5, 0.6) is 0 Å². The summed E-state index contributed by atoms with van der Waals surface area (Å²) in [4.78, 5) is 2.07. The van der Waals surface area contributed by atoms with Crippen LogP contribution in [0.3, 0.4) is 0 Å². The zero-order chi connectivity index (χ0) is 15.6. The maximum absolute atomic E-state index is 10.7. The normalized spacial score (nSPS) is 12.9. The third-order valence-electron chi connectivity index (χ3n) is 3.37. The fraction of sp³-hybridized carbons (Fsp3) is 0.400. The molecule has 2 rings (SSSR count). The second-order valence-corrected chi connectivity index (χ2v) is 6.77. The van der Waals surface area contributed by atoms with E-state index in [0.717, 1.165) is 21.2 Å². The molecule has 1 heterocycles. The first-order valence-corrected chi connectivity index (χ1v) is 8.16. The van der Waals surface area contributed by atoms with Crippen LogP contribution in [0.1, 0.15) is 22.9 Å². The van der Waals surface area contributed by atoms with E-state index in [9.17, 15) is 5.11 Å². The maximum Gasteiger partial charge on any atom is 0.123 e. The molecule has 1 aromatic carbocycles. The number of rotatable bonds is 5. The minimum Gasteiger partial charge on any atom is -0.382 e. The number of hydrogen-bond donors (Lipinski definition) is 1. The van der Waals surface area contributed by atoms with Crippen molar-refractivity contribution in [3.63, 3.8) is 0 Å². The molecule has 1 atom stereocenters. The largest absolute Gasteiger partial charge is 0.382 e. The third-order valence-corrected chi connectivity index (χ3v) is 5.13. The number of aliphatic hydroxyl groups is 1. The Morgan fingerprint density at radius 1 is 1.43 bits per heavy atom. The molecule has 21 heavy (non-hydrogen) atoms. The van der Waals surface area contributed by atoms with Crippen LogP contribution in [-0.2, 0) is 6.54 Å². The molecule has 2 aromatic rings. The van der Waals surface area contributed by atoms with Crippen molar-refractivity contribution in [1.82, 2.24) is 14.7 Å². The van der Waals surface area contributed by atoms with Crippen molar-refractivity contribution in [3.05, 3.63) is 49.8 Å². The highest BCUT2D eigenvalue weighted by Crippen LogP contribution is 2.31. The SMILES string of the molecule is Cc1cccc(C(O)c2c(Cl)cnn2CCN(C)C)c1I. The quantitative estimate of drug-likeness (QED) is 0.757. The average Bonchev–Trinajstić information content (AvgIpc) is 2.80. The van der Waals surface area contributed by atoms with Gasteiger partial charge < -0.3 is 10.0 Å². The van der Waals surface area contributed by atoms with Crippen molar-refractivity contribution in [3.8, 4) is 0 Å². The first-order valence-electron chi connectivity index (χ1n) is 6.70. The first-order chi connectivity index (χ1) is 9.91. The van der Waals surface area contributed by atoms with Crippen molar-refractivity contribution in [2.75, 3.05) is 20.6 Å². The van der Waals surface area contributed by atoms with Gasteiger partial charge in [0.1, 0.15) is 6.10 Å². The summed E-state index contributed by atoms with van der Waals surface area (Å²) in [6.45, 7) is 3.56. The molecule has 4 nitrogen and oxygen atoms in total. The highest BCUT2D eigenvalue weighted by molar-refractivity contribution is 14.1. The molecule has 0 fully saturated rings. The van der Waals surface area contributed by atoms with E-state index in [4.69, 9.17) is 11.6 Å². The van der Waals surface area contributed by atoms with Gasteiger partial charge in [-0.3, -0.25) is 4.68 Å². The lowest BCUT2D eigenvalue weighted by Gasteiger charge is -2.18. The minimum atomic E-state index is -0.769. The zero-order valence-corrected chi connectivity index (χ0v) is 15.3. The molecule has 1 unspecified atom stereocenters. The van der Waals surface area contributed by atoms with Gasteiger partial charge in [0.25, 0.3) is 0 Å². The number of likely N-dealkylation sites (N-methyl/N-ethyl adjacent to an activating group) is 1. The van der Waals surface area contributed by atoms with Gasteiger partial charge in [-0.1, -0.05) is 29.8 Å². The lowest BCUT2D eigenvalue weighted by molar-refractivity contribution is 0.205. The predicted molar refractivity (Wildman–Crippen MR) is 93.7 cm³/mol. The van der Waals surface area contributed by atoms with E-state index < -0.39 is 6.10 Å². The van der Waals surface area contributed by atoms with Crippen LogP contribution in [0.2, 0.25) is 5.02 Å². The van der Waals surface area contributed by atoms with Crippen LogP contribution in [0.25, 0.3) is 0 Å². The summed E-state index contributed by atoms with van der Waals surface area (Å²) in [6, 6.07) is 5.91. The van der Waals surface area contributed by atoms with E-state index in [1.165, 1.54) is 0 Å². The Morgan fingerprint density at radius 3 is 2.81 bits per heavy atom. The Balaban J connectivity index is 2.36. The number of halogens is 2. The molecule has 0 aliphatic rings. The van der Waals surface area contributed by atoms with Gasteiger partial charge in [0.05, 0.1) is 23.5 Å². The van der Waals surface area contributed by atoms with Gasteiger partial charge in [0, 0.05) is 15.7 Å². The predicted octanol–water partition coefficient (Wildman–Crippen LogP) is 3.09. The standard InChI is InChI=1S/C15H19ClIN3O/c1-10-5-4-6-11(13(10)17)15(21)14-12(16)9-18-20(14)8-7-19(2)3/h4-6,9,15,21H,7-8H2,1-3H3. The number of hydrogen-bond acceptors (Lipinski definition) is 3. The smallest absolute Gasteiger partial charge is 0.123 e. The molecule has 0 radical (unpaired) electrons. The summed E-state index contributed by atoms with van der Waals surface area (Å²) in [6.07, 6.45) is 0.826. The van der Waals surface area contributed by atoms with Gasteiger partial charge in [-0.2, -0.15) is 5.10 Å². The van der Waals surface area contributed by atoms with Crippen LogP contribution >= 0.6 is 34.2 Å². The first kappa shape index (κ1) is 16.7. The molecule has 0 aliphatic heterocycles. The van der Waals surface area contributed by atoms with Gasteiger partial charge in [0.2, 0.25) is 0 Å². The molecule has 1 N–H and O–H groups in total. The third kappa shape index (κ3) is 3.77. The maximum atomic E-state index is 10.7. The molecular weight excluding hydrogens is 401 g/mol. The van der Waals surface area contributed by atoms with E-state index in [2.05, 4.69) is 32.6 Å². The molecule has 0 saturated heterocycles. The van der Waals surface area contributed by atoms with Crippen LogP contribution in [0.4, 0.5) is 0 Å². The van der Waals surface area contributed by atoms with Crippen molar-refractivity contribution < 1.29 is 5.11 Å². The van der Waals surface area contributed by atoms with Gasteiger partial charge >= 0.3 is 0 Å². The van der Waals surface area contributed by atoms with Crippen molar-refractivity contribution in [2.45, 2.75) is 19.6 Å². The molecule has 0 spiro atoms. The number of aryl methyl sites for hydroxylation is 1. The van der Waals surface area contributed by atoms with Crippen molar-refractivity contribution in [1.29, 1.82) is 0 Å². The molecule has 1 aromatic heterocycles. The van der Waals surface area contributed by atoms with Crippen LogP contribution in [0, 0.1) is 10.5 Å². The Labute approximate surface area is 143 Å². The fourth-order valence-electron chi connectivity index (χ4n) is 2.15. The Bertz CT molecular complexity index is 627. The van der Waals surface area contributed by atoms with E-state index in [1.807, 2.05) is 39.2 Å².